The molecule has 7 nitrogen and oxygen atoms in total. The van der Waals surface area contributed by atoms with Crippen molar-refractivity contribution in [3.63, 3.8) is 0 Å². The van der Waals surface area contributed by atoms with Crippen LogP contribution in [0.2, 0.25) is 0 Å². The minimum absolute atomic E-state index is 0.449. The summed E-state index contributed by atoms with van der Waals surface area (Å²) in [5.41, 5.74) is 2.77. The Hall–Kier alpha value is -3.39. The van der Waals surface area contributed by atoms with E-state index in [1.54, 1.807) is 40.8 Å². The summed E-state index contributed by atoms with van der Waals surface area (Å²) in [4.78, 5) is 1.98. The van der Waals surface area contributed by atoms with Gasteiger partial charge in [-0.2, -0.15) is 0 Å². The van der Waals surface area contributed by atoms with Crippen LogP contribution in [0, 0.1) is 6.92 Å². The average molecular weight is 457 g/mol. The Morgan fingerprint density at radius 1 is 0.875 bits per heavy atom. The highest BCUT2D eigenvalue weighted by Gasteiger charge is 2.19. The Kier molecular flexibility index (Phi) is 7.83. The molecule has 32 heavy (non-hydrogen) atoms. The van der Waals surface area contributed by atoms with E-state index < -0.39 is 0 Å². The Balaban J connectivity index is 1.92. The number of furan rings is 1. The molecule has 170 valence electrons. The first-order chi connectivity index (χ1) is 15.5. The number of hydrogen-bond acceptors (Lipinski definition) is 6. The largest absolute Gasteiger partial charge is 0.496 e. The van der Waals surface area contributed by atoms with Gasteiger partial charge in [-0.15, -0.1) is 0 Å². The van der Waals surface area contributed by atoms with E-state index in [1.165, 1.54) is 0 Å². The molecule has 0 radical (unpaired) electrons. The molecule has 0 amide bonds. The summed E-state index contributed by atoms with van der Waals surface area (Å²) in [6.07, 6.45) is 1.64. The second-order valence-electron chi connectivity index (χ2n) is 7.09. The van der Waals surface area contributed by atoms with Crippen LogP contribution in [0.15, 0.2) is 53.1 Å². The third-order valence-corrected chi connectivity index (χ3v) is 5.32. The van der Waals surface area contributed by atoms with Crippen LogP contribution in [0.5, 0.6) is 23.0 Å². The molecule has 0 aliphatic carbocycles. The summed E-state index contributed by atoms with van der Waals surface area (Å²) in [5, 5.41) is 3.82. The van der Waals surface area contributed by atoms with Crippen LogP contribution in [-0.2, 0) is 13.1 Å². The highest BCUT2D eigenvalue weighted by atomic mass is 32.1. The molecular formula is C24H28N2O5S. The first-order valence-electron chi connectivity index (χ1n) is 10.0. The molecule has 0 unspecified atom stereocenters. The summed E-state index contributed by atoms with van der Waals surface area (Å²) in [5.74, 6) is 3.37. The number of rotatable bonds is 9. The zero-order valence-electron chi connectivity index (χ0n) is 18.9. The Bertz CT molecular complexity index is 1050. The molecule has 0 aliphatic rings. The van der Waals surface area contributed by atoms with Gasteiger partial charge in [-0.25, -0.2) is 0 Å². The van der Waals surface area contributed by atoms with Crippen LogP contribution >= 0.6 is 12.2 Å². The topological polar surface area (TPSA) is 65.3 Å². The summed E-state index contributed by atoms with van der Waals surface area (Å²) in [6.45, 7) is 2.92. The fourth-order valence-corrected chi connectivity index (χ4v) is 3.55. The zero-order chi connectivity index (χ0) is 23.1. The summed E-state index contributed by atoms with van der Waals surface area (Å²) in [6, 6.07) is 13.4. The quantitative estimate of drug-likeness (QED) is 0.450. The van der Waals surface area contributed by atoms with Gasteiger partial charge in [0.2, 0.25) is 0 Å². The van der Waals surface area contributed by atoms with E-state index in [1.807, 2.05) is 48.2 Å². The summed E-state index contributed by atoms with van der Waals surface area (Å²) < 4.78 is 27.6. The molecule has 0 atom stereocenters. The Labute approximate surface area is 193 Å². The molecule has 1 aromatic heterocycles. The van der Waals surface area contributed by atoms with Crippen molar-refractivity contribution in [2.24, 2.45) is 0 Å². The molecule has 0 bridgehead atoms. The van der Waals surface area contributed by atoms with Crippen LogP contribution in [0.4, 0.5) is 5.69 Å². The van der Waals surface area contributed by atoms with Gasteiger partial charge in [-0.05, 0) is 55.0 Å². The number of nitrogens with zero attached hydrogens (tertiary/aromatic N) is 1. The van der Waals surface area contributed by atoms with Crippen molar-refractivity contribution < 1.29 is 23.4 Å². The van der Waals surface area contributed by atoms with Crippen molar-refractivity contribution >= 4 is 23.0 Å². The van der Waals surface area contributed by atoms with Crippen LogP contribution in [0.1, 0.15) is 16.9 Å². The SMILES string of the molecule is COc1cc(OC)c(OC)cc1CN(Cc1ccco1)C(=S)Nc1ccc(C)cc1OC. The summed E-state index contributed by atoms with van der Waals surface area (Å²) >= 11 is 5.78. The van der Waals surface area contributed by atoms with Crippen molar-refractivity contribution in [1.82, 2.24) is 4.90 Å². The van der Waals surface area contributed by atoms with Gasteiger partial charge in [0.05, 0.1) is 46.9 Å². The minimum Gasteiger partial charge on any atom is -0.496 e. The number of aryl methyl sites for hydroxylation is 1. The average Bonchev–Trinajstić information content (AvgIpc) is 3.32. The van der Waals surface area contributed by atoms with Crippen LogP contribution < -0.4 is 24.3 Å². The van der Waals surface area contributed by atoms with Gasteiger partial charge in [-0.1, -0.05) is 6.07 Å². The number of thiocarbonyl (C=S) groups is 1. The van der Waals surface area contributed by atoms with E-state index in [-0.39, 0.29) is 0 Å². The molecule has 0 saturated carbocycles. The van der Waals surface area contributed by atoms with E-state index in [2.05, 4.69) is 5.32 Å². The third kappa shape index (κ3) is 5.45. The second-order valence-corrected chi connectivity index (χ2v) is 7.48. The van der Waals surface area contributed by atoms with Gasteiger partial charge >= 0.3 is 0 Å². The predicted octanol–water partition coefficient (Wildman–Crippen LogP) is 5.02. The monoisotopic (exact) mass is 456 g/mol. The second kappa shape index (κ2) is 10.8. The molecule has 3 rings (SSSR count). The molecule has 1 heterocycles. The molecule has 0 fully saturated rings. The van der Waals surface area contributed by atoms with E-state index in [0.29, 0.717) is 41.2 Å². The van der Waals surface area contributed by atoms with Crippen molar-refractivity contribution in [1.29, 1.82) is 0 Å². The van der Waals surface area contributed by atoms with E-state index in [9.17, 15) is 0 Å². The number of methoxy groups -OCH3 is 4. The molecule has 0 aliphatic heterocycles. The highest BCUT2D eigenvalue weighted by Crippen LogP contribution is 2.35. The fraction of sp³-hybridized carbons (Fsp3) is 0.292. The third-order valence-electron chi connectivity index (χ3n) is 4.96. The molecule has 0 spiro atoms. The maximum Gasteiger partial charge on any atom is 0.174 e. The van der Waals surface area contributed by atoms with Gasteiger partial charge in [0.1, 0.15) is 17.3 Å². The van der Waals surface area contributed by atoms with E-state index >= 15 is 0 Å². The van der Waals surface area contributed by atoms with Crippen molar-refractivity contribution in [3.05, 3.63) is 65.6 Å². The Morgan fingerprint density at radius 3 is 2.19 bits per heavy atom. The lowest BCUT2D eigenvalue weighted by molar-refractivity contribution is 0.334. The van der Waals surface area contributed by atoms with Crippen LogP contribution in [0.3, 0.4) is 0 Å². The fourth-order valence-electron chi connectivity index (χ4n) is 3.31. The molecule has 3 aromatic rings. The zero-order valence-corrected chi connectivity index (χ0v) is 19.7. The number of ether oxygens (including phenoxy) is 4. The number of hydrogen-bond donors (Lipinski definition) is 1. The van der Waals surface area contributed by atoms with Crippen molar-refractivity contribution in [2.45, 2.75) is 20.0 Å². The first-order valence-corrected chi connectivity index (χ1v) is 10.4. The molecule has 1 N–H and O–H groups in total. The van der Waals surface area contributed by atoms with Gasteiger partial charge < -0.3 is 33.6 Å². The first kappa shape index (κ1) is 23.3. The number of benzene rings is 2. The Morgan fingerprint density at radius 2 is 1.56 bits per heavy atom. The molecule has 0 saturated heterocycles. The molecule has 2 aromatic carbocycles. The smallest absolute Gasteiger partial charge is 0.174 e. The van der Waals surface area contributed by atoms with Crippen LogP contribution in [-0.4, -0.2) is 38.5 Å². The normalized spacial score (nSPS) is 10.4. The van der Waals surface area contributed by atoms with Crippen LogP contribution in [0.25, 0.3) is 0 Å². The summed E-state index contributed by atoms with van der Waals surface area (Å²) in [7, 11) is 6.45. The number of anilines is 1. The predicted molar refractivity (Wildman–Crippen MR) is 128 cm³/mol. The van der Waals surface area contributed by atoms with Gasteiger partial charge in [-0.3, -0.25) is 0 Å². The lowest BCUT2D eigenvalue weighted by Crippen LogP contribution is -2.34. The van der Waals surface area contributed by atoms with Crippen molar-refractivity contribution in [2.75, 3.05) is 33.8 Å². The molecular weight excluding hydrogens is 428 g/mol. The lowest BCUT2D eigenvalue weighted by Gasteiger charge is -2.27. The van der Waals surface area contributed by atoms with E-state index in [4.69, 9.17) is 35.6 Å². The lowest BCUT2D eigenvalue weighted by atomic mass is 10.1. The molecule has 8 heteroatoms. The maximum atomic E-state index is 5.78. The number of nitrogens with one attached hydrogen (secondary N) is 1. The maximum absolute atomic E-state index is 5.78. The van der Waals surface area contributed by atoms with Gasteiger partial charge in [0.15, 0.2) is 16.6 Å². The van der Waals surface area contributed by atoms with Gasteiger partial charge in [0.25, 0.3) is 0 Å². The minimum atomic E-state index is 0.449. The van der Waals surface area contributed by atoms with E-state index in [0.717, 1.165) is 22.6 Å². The standard InChI is InChI=1S/C24H28N2O5S/c1-16-8-9-19(21(11-16)28-3)25-24(32)26(15-18-7-6-10-31-18)14-17-12-22(29-4)23(30-5)13-20(17)27-2/h6-13H,14-15H2,1-5H3,(H,25,32). The highest BCUT2D eigenvalue weighted by molar-refractivity contribution is 7.80. The van der Waals surface area contributed by atoms with Crippen molar-refractivity contribution in [3.8, 4) is 23.0 Å². The van der Waals surface area contributed by atoms with Gasteiger partial charge in [0, 0.05) is 18.2 Å².